The van der Waals surface area contributed by atoms with E-state index in [-0.39, 0.29) is 11.6 Å². The number of allylic oxidation sites excluding steroid dienone is 1. The Morgan fingerprint density at radius 2 is 1.72 bits per heavy atom. The first-order valence-corrected chi connectivity index (χ1v) is 8.78. The van der Waals surface area contributed by atoms with Crippen molar-refractivity contribution < 1.29 is 5.11 Å². The fraction of sp³-hybridized carbons (Fsp3) is 0.0909. The molecule has 0 fully saturated rings. The van der Waals surface area contributed by atoms with Gasteiger partial charge in [-0.1, -0.05) is 0 Å². The number of nitrogens with zero attached hydrogens (tertiary/aromatic N) is 4. The summed E-state index contributed by atoms with van der Waals surface area (Å²) in [6, 6.07) is 14.8. The molecule has 0 bridgehead atoms. The van der Waals surface area contributed by atoms with Gasteiger partial charge >= 0.3 is 0 Å². The second kappa shape index (κ2) is 8.55. The van der Waals surface area contributed by atoms with Crippen LogP contribution in [-0.2, 0) is 0 Å². The van der Waals surface area contributed by atoms with E-state index in [4.69, 9.17) is 10.5 Å². The summed E-state index contributed by atoms with van der Waals surface area (Å²) in [6.07, 6.45) is 4.49. The van der Waals surface area contributed by atoms with Crippen LogP contribution in [0.5, 0.6) is 5.75 Å². The van der Waals surface area contributed by atoms with E-state index in [2.05, 4.69) is 26.7 Å². The van der Waals surface area contributed by atoms with Gasteiger partial charge in [0.05, 0.1) is 23.9 Å². The Labute approximate surface area is 168 Å². The van der Waals surface area contributed by atoms with Crippen LogP contribution in [-0.4, -0.2) is 15.1 Å². The van der Waals surface area contributed by atoms with Crippen molar-refractivity contribution in [3.63, 3.8) is 0 Å². The SMILES string of the molecule is Cc1cc(/C=C/C#N)cc(C)c1Nc1nc(Nc2ccc(C#N)cc2)ncc1O. The highest BCUT2D eigenvalue weighted by Gasteiger charge is 2.11. The molecule has 0 saturated heterocycles. The van der Waals surface area contributed by atoms with E-state index >= 15 is 0 Å². The Kier molecular flexibility index (Phi) is 5.72. The number of rotatable bonds is 5. The minimum atomic E-state index is -0.0809. The highest BCUT2D eigenvalue weighted by Crippen LogP contribution is 2.30. The number of aromatic hydroxyl groups is 1. The van der Waals surface area contributed by atoms with Crippen LogP contribution >= 0.6 is 0 Å². The number of nitrogens with one attached hydrogen (secondary N) is 2. The van der Waals surface area contributed by atoms with E-state index in [1.165, 1.54) is 12.3 Å². The second-order valence-electron chi connectivity index (χ2n) is 6.36. The Hall–Kier alpha value is -4.36. The third kappa shape index (κ3) is 4.68. The zero-order valence-electron chi connectivity index (χ0n) is 15.9. The van der Waals surface area contributed by atoms with Crippen molar-refractivity contribution in [1.29, 1.82) is 10.5 Å². The van der Waals surface area contributed by atoms with Crippen molar-refractivity contribution in [2.75, 3.05) is 10.6 Å². The lowest BCUT2D eigenvalue weighted by atomic mass is 10.0. The maximum Gasteiger partial charge on any atom is 0.229 e. The molecule has 0 saturated carbocycles. The summed E-state index contributed by atoms with van der Waals surface area (Å²) in [5, 5.41) is 34.0. The third-order valence-corrected chi connectivity index (χ3v) is 4.19. The summed E-state index contributed by atoms with van der Waals surface area (Å²) in [4.78, 5) is 8.45. The topological polar surface area (TPSA) is 118 Å². The molecule has 0 atom stereocenters. The molecule has 2 aromatic carbocycles. The molecular formula is C22H18N6O. The number of hydrogen-bond donors (Lipinski definition) is 3. The Bertz CT molecular complexity index is 1130. The zero-order chi connectivity index (χ0) is 20.8. The average molecular weight is 382 g/mol. The van der Waals surface area contributed by atoms with Gasteiger partial charge in [0.25, 0.3) is 0 Å². The van der Waals surface area contributed by atoms with Gasteiger partial charge in [-0.3, -0.25) is 0 Å². The second-order valence-corrected chi connectivity index (χ2v) is 6.36. The number of benzene rings is 2. The van der Waals surface area contributed by atoms with Gasteiger partial charge in [0.1, 0.15) is 0 Å². The Morgan fingerprint density at radius 3 is 2.34 bits per heavy atom. The standard InChI is InChI=1S/C22H18N6O/c1-14-10-17(4-3-9-23)11-15(2)20(14)27-21-19(29)13-25-22(28-21)26-18-7-5-16(12-24)6-8-18/h3-8,10-11,13,29H,1-2H3,(H2,25,26,27,28)/b4-3+. The zero-order valence-corrected chi connectivity index (χ0v) is 15.9. The van der Waals surface area contributed by atoms with Crippen molar-refractivity contribution >= 4 is 29.2 Å². The molecule has 1 aromatic heterocycles. The fourth-order valence-corrected chi connectivity index (χ4v) is 2.83. The molecule has 3 N–H and O–H groups in total. The van der Waals surface area contributed by atoms with E-state index < -0.39 is 0 Å². The van der Waals surface area contributed by atoms with Crippen LogP contribution in [0.15, 0.2) is 48.7 Å². The number of aromatic nitrogens is 2. The smallest absolute Gasteiger partial charge is 0.229 e. The summed E-state index contributed by atoms with van der Waals surface area (Å²) in [5.74, 6) is 0.490. The van der Waals surface area contributed by atoms with Crippen molar-refractivity contribution in [3.05, 3.63) is 70.9 Å². The van der Waals surface area contributed by atoms with E-state index in [0.29, 0.717) is 11.5 Å². The molecule has 0 radical (unpaired) electrons. The van der Waals surface area contributed by atoms with Crippen molar-refractivity contribution in [2.24, 2.45) is 0 Å². The van der Waals surface area contributed by atoms with Crippen molar-refractivity contribution in [2.45, 2.75) is 13.8 Å². The minimum Gasteiger partial charge on any atom is -0.503 e. The van der Waals surface area contributed by atoms with E-state index in [1.54, 1.807) is 30.3 Å². The number of anilines is 4. The Balaban J connectivity index is 1.86. The van der Waals surface area contributed by atoms with Crippen LogP contribution in [0.1, 0.15) is 22.3 Å². The molecule has 7 heteroatoms. The van der Waals surface area contributed by atoms with Crippen LogP contribution in [0, 0.1) is 36.5 Å². The molecular weight excluding hydrogens is 364 g/mol. The maximum atomic E-state index is 10.2. The number of aryl methyl sites for hydroxylation is 2. The third-order valence-electron chi connectivity index (χ3n) is 4.19. The molecule has 7 nitrogen and oxygen atoms in total. The van der Waals surface area contributed by atoms with Gasteiger partial charge in [0.15, 0.2) is 11.6 Å². The molecule has 0 aliphatic heterocycles. The molecule has 3 rings (SSSR count). The average Bonchev–Trinajstić information content (AvgIpc) is 2.72. The highest BCUT2D eigenvalue weighted by atomic mass is 16.3. The van der Waals surface area contributed by atoms with E-state index in [0.717, 1.165) is 28.1 Å². The van der Waals surface area contributed by atoms with Crippen LogP contribution < -0.4 is 10.6 Å². The van der Waals surface area contributed by atoms with Gasteiger partial charge in [-0.15, -0.1) is 0 Å². The molecule has 0 spiro atoms. The van der Waals surface area contributed by atoms with Gasteiger partial charge in [0, 0.05) is 17.5 Å². The van der Waals surface area contributed by atoms with Crippen LogP contribution in [0.4, 0.5) is 23.1 Å². The van der Waals surface area contributed by atoms with Gasteiger partial charge < -0.3 is 15.7 Å². The summed E-state index contributed by atoms with van der Waals surface area (Å²) in [7, 11) is 0. The van der Waals surface area contributed by atoms with Gasteiger partial charge in [-0.25, -0.2) is 4.98 Å². The van der Waals surface area contributed by atoms with Gasteiger partial charge in [-0.05, 0) is 73.0 Å². The molecule has 29 heavy (non-hydrogen) atoms. The molecule has 0 aliphatic rings. The molecule has 0 amide bonds. The number of nitriles is 2. The maximum absolute atomic E-state index is 10.2. The summed E-state index contributed by atoms with van der Waals surface area (Å²) < 4.78 is 0. The summed E-state index contributed by atoms with van der Waals surface area (Å²) in [5.41, 5.74) is 4.91. The molecule has 0 aliphatic carbocycles. The Morgan fingerprint density at radius 1 is 1.03 bits per heavy atom. The molecule has 1 heterocycles. The summed E-state index contributed by atoms with van der Waals surface area (Å²) in [6.45, 7) is 3.88. The van der Waals surface area contributed by atoms with E-state index in [1.807, 2.05) is 32.0 Å². The van der Waals surface area contributed by atoms with Gasteiger partial charge in [-0.2, -0.15) is 15.5 Å². The first-order valence-electron chi connectivity index (χ1n) is 8.78. The predicted octanol–water partition coefficient (Wildman–Crippen LogP) is 4.69. The van der Waals surface area contributed by atoms with Crippen LogP contribution in [0.3, 0.4) is 0 Å². The van der Waals surface area contributed by atoms with Crippen molar-refractivity contribution in [1.82, 2.24) is 9.97 Å². The predicted molar refractivity (Wildman–Crippen MR) is 112 cm³/mol. The molecule has 3 aromatic rings. The first kappa shape index (κ1) is 19.4. The number of hydrogen-bond acceptors (Lipinski definition) is 7. The lowest BCUT2D eigenvalue weighted by molar-refractivity contribution is 0.473. The van der Waals surface area contributed by atoms with Crippen LogP contribution in [0.25, 0.3) is 6.08 Å². The monoisotopic (exact) mass is 382 g/mol. The quantitative estimate of drug-likeness (QED) is 0.548. The van der Waals surface area contributed by atoms with Gasteiger partial charge in [0.2, 0.25) is 5.95 Å². The highest BCUT2D eigenvalue weighted by molar-refractivity contribution is 5.71. The normalized spacial score (nSPS) is 10.3. The minimum absolute atomic E-state index is 0.0809. The molecule has 0 unspecified atom stereocenters. The largest absolute Gasteiger partial charge is 0.503 e. The molecule has 142 valence electrons. The van der Waals surface area contributed by atoms with Crippen molar-refractivity contribution in [3.8, 4) is 17.9 Å². The fourth-order valence-electron chi connectivity index (χ4n) is 2.83. The first-order chi connectivity index (χ1) is 14.0. The van der Waals surface area contributed by atoms with E-state index in [9.17, 15) is 5.11 Å². The van der Waals surface area contributed by atoms with Crippen LogP contribution in [0.2, 0.25) is 0 Å². The lowest BCUT2D eigenvalue weighted by Gasteiger charge is -2.15. The summed E-state index contributed by atoms with van der Waals surface area (Å²) >= 11 is 0. The lowest BCUT2D eigenvalue weighted by Crippen LogP contribution is -2.03.